The molecule has 1 aromatic carbocycles. The first-order valence-electron chi connectivity index (χ1n) is 6.84. The third-order valence-electron chi connectivity index (χ3n) is 3.55. The van der Waals surface area contributed by atoms with Crippen molar-refractivity contribution in [3.63, 3.8) is 0 Å². The molecule has 0 N–H and O–H groups in total. The Morgan fingerprint density at radius 1 is 1.40 bits per heavy atom. The van der Waals surface area contributed by atoms with Crippen molar-refractivity contribution in [1.29, 1.82) is 0 Å². The molecule has 0 aliphatic rings. The van der Waals surface area contributed by atoms with Crippen LogP contribution in [0.4, 0.5) is 0 Å². The van der Waals surface area contributed by atoms with Crippen LogP contribution in [0.25, 0.3) is 10.9 Å². The van der Waals surface area contributed by atoms with Gasteiger partial charge in [-0.2, -0.15) is 0 Å². The number of benzene rings is 1. The zero-order valence-electron chi connectivity index (χ0n) is 12.1. The van der Waals surface area contributed by atoms with Gasteiger partial charge >= 0.3 is 0 Å². The lowest BCUT2D eigenvalue weighted by atomic mass is 10.1. The standard InChI is InChI=1S/C15H20ClN3O/c1-4-5-12(18(2)3)9-19-10-17-14-8-11(16)6-7-13(14)15(19)20/h6-8,10,12H,4-5,9H2,1-3H3. The van der Waals surface area contributed by atoms with Crippen molar-refractivity contribution in [3.05, 3.63) is 39.9 Å². The number of nitrogens with zero attached hydrogens (tertiary/aromatic N) is 3. The molecule has 0 saturated heterocycles. The van der Waals surface area contributed by atoms with E-state index in [-0.39, 0.29) is 5.56 Å². The highest BCUT2D eigenvalue weighted by atomic mass is 35.5. The van der Waals surface area contributed by atoms with Gasteiger partial charge in [0.05, 0.1) is 17.2 Å². The van der Waals surface area contributed by atoms with Gasteiger partial charge in [-0.25, -0.2) is 4.98 Å². The molecule has 2 rings (SSSR count). The van der Waals surface area contributed by atoms with E-state index in [1.54, 1.807) is 29.1 Å². The first kappa shape index (κ1) is 15.0. The quantitative estimate of drug-likeness (QED) is 0.851. The number of halogens is 1. The van der Waals surface area contributed by atoms with Gasteiger partial charge in [0.1, 0.15) is 0 Å². The molecule has 0 aliphatic carbocycles. The molecule has 1 heterocycles. The third kappa shape index (κ3) is 3.19. The Morgan fingerprint density at radius 2 is 2.15 bits per heavy atom. The number of fused-ring (bicyclic) bond motifs is 1. The second-order valence-corrected chi connectivity index (χ2v) is 5.71. The molecule has 0 fully saturated rings. The van der Waals surface area contributed by atoms with Gasteiger partial charge in [-0.05, 0) is 38.7 Å². The molecule has 20 heavy (non-hydrogen) atoms. The van der Waals surface area contributed by atoms with E-state index in [0.29, 0.717) is 28.5 Å². The van der Waals surface area contributed by atoms with E-state index in [4.69, 9.17) is 11.6 Å². The largest absolute Gasteiger partial charge is 0.305 e. The van der Waals surface area contributed by atoms with E-state index in [9.17, 15) is 4.79 Å². The molecule has 2 aromatic rings. The lowest BCUT2D eigenvalue weighted by Crippen LogP contribution is -2.35. The number of likely N-dealkylation sites (N-methyl/N-ethyl adjacent to an activating group) is 1. The Kier molecular flexibility index (Phi) is 4.78. The molecule has 0 radical (unpaired) electrons. The second kappa shape index (κ2) is 6.37. The van der Waals surface area contributed by atoms with Crippen LogP contribution in [0.15, 0.2) is 29.3 Å². The van der Waals surface area contributed by atoms with E-state index >= 15 is 0 Å². The number of rotatable bonds is 5. The van der Waals surface area contributed by atoms with Crippen LogP contribution in [0.1, 0.15) is 19.8 Å². The average molecular weight is 294 g/mol. The molecule has 1 aromatic heterocycles. The Balaban J connectivity index is 2.38. The molecule has 4 nitrogen and oxygen atoms in total. The normalized spacial score (nSPS) is 13.1. The summed E-state index contributed by atoms with van der Waals surface area (Å²) in [5.74, 6) is 0. The average Bonchev–Trinajstić information content (AvgIpc) is 2.40. The molecule has 108 valence electrons. The first-order valence-corrected chi connectivity index (χ1v) is 7.22. The van der Waals surface area contributed by atoms with Crippen molar-refractivity contribution in [2.45, 2.75) is 32.4 Å². The zero-order valence-corrected chi connectivity index (χ0v) is 12.9. The lowest BCUT2D eigenvalue weighted by molar-refractivity contribution is 0.246. The van der Waals surface area contributed by atoms with Crippen molar-refractivity contribution in [3.8, 4) is 0 Å². The van der Waals surface area contributed by atoms with Crippen LogP contribution in [0.2, 0.25) is 5.02 Å². The molecule has 5 heteroatoms. The Bertz CT molecular complexity index is 651. The summed E-state index contributed by atoms with van der Waals surface area (Å²) >= 11 is 5.92. The van der Waals surface area contributed by atoms with Crippen LogP contribution >= 0.6 is 11.6 Å². The van der Waals surface area contributed by atoms with Crippen molar-refractivity contribution in [1.82, 2.24) is 14.5 Å². The predicted octanol–water partition coefficient (Wildman–Crippen LogP) is 2.78. The van der Waals surface area contributed by atoms with Crippen molar-refractivity contribution in [2.75, 3.05) is 14.1 Å². The SMILES string of the molecule is CCCC(Cn1cnc2cc(Cl)ccc2c1=O)N(C)C. The molecule has 1 unspecified atom stereocenters. The maximum absolute atomic E-state index is 12.5. The van der Waals surface area contributed by atoms with Crippen molar-refractivity contribution < 1.29 is 0 Å². The van der Waals surface area contributed by atoms with Gasteiger partial charge in [0, 0.05) is 17.6 Å². The van der Waals surface area contributed by atoms with Gasteiger partial charge in [0.2, 0.25) is 0 Å². The minimum absolute atomic E-state index is 0.00498. The summed E-state index contributed by atoms with van der Waals surface area (Å²) in [5.41, 5.74) is 0.644. The van der Waals surface area contributed by atoms with Crippen LogP contribution in [0.3, 0.4) is 0 Å². The van der Waals surface area contributed by atoms with E-state index in [0.717, 1.165) is 12.8 Å². The maximum Gasteiger partial charge on any atom is 0.261 e. The fraction of sp³-hybridized carbons (Fsp3) is 0.467. The predicted molar refractivity (Wildman–Crippen MR) is 83.4 cm³/mol. The van der Waals surface area contributed by atoms with Gasteiger partial charge in [0.15, 0.2) is 0 Å². The Morgan fingerprint density at radius 3 is 2.80 bits per heavy atom. The first-order chi connectivity index (χ1) is 9.52. The number of aromatic nitrogens is 2. The minimum atomic E-state index is -0.00498. The smallest absolute Gasteiger partial charge is 0.261 e. The van der Waals surface area contributed by atoms with E-state index < -0.39 is 0 Å². The summed E-state index contributed by atoms with van der Waals surface area (Å²) in [5, 5.41) is 1.21. The summed E-state index contributed by atoms with van der Waals surface area (Å²) < 4.78 is 1.69. The summed E-state index contributed by atoms with van der Waals surface area (Å²) in [6, 6.07) is 5.53. The highest BCUT2D eigenvalue weighted by Gasteiger charge is 2.13. The Labute approximate surface area is 124 Å². The third-order valence-corrected chi connectivity index (χ3v) is 3.78. The van der Waals surface area contributed by atoms with Crippen LogP contribution in [-0.2, 0) is 6.54 Å². The maximum atomic E-state index is 12.5. The molecule has 0 saturated carbocycles. The summed E-state index contributed by atoms with van der Waals surface area (Å²) in [4.78, 5) is 19.0. The molecule has 1 atom stereocenters. The zero-order chi connectivity index (χ0) is 14.7. The highest BCUT2D eigenvalue weighted by Crippen LogP contribution is 2.14. The summed E-state index contributed by atoms with van der Waals surface area (Å²) in [6.07, 6.45) is 3.76. The fourth-order valence-corrected chi connectivity index (χ4v) is 2.50. The van der Waals surface area contributed by atoms with E-state index in [1.165, 1.54) is 0 Å². The topological polar surface area (TPSA) is 38.1 Å². The highest BCUT2D eigenvalue weighted by molar-refractivity contribution is 6.31. The molecular formula is C15H20ClN3O. The lowest BCUT2D eigenvalue weighted by Gasteiger charge is -2.24. The molecular weight excluding hydrogens is 274 g/mol. The molecule has 0 spiro atoms. The van der Waals surface area contributed by atoms with Crippen LogP contribution in [0.5, 0.6) is 0 Å². The van der Waals surface area contributed by atoms with Crippen LogP contribution in [0, 0.1) is 0 Å². The molecule has 0 amide bonds. The summed E-state index contributed by atoms with van der Waals surface area (Å²) in [7, 11) is 4.08. The van der Waals surface area contributed by atoms with Crippen molar-refractivity contribution in [2.24, 2.45) is 0 Å². The number of hydrogen-bond acceptors (Lipinski definition) is 3. The van der Waals surface area contributed by atoms with Gasteiger partial charge in [-0.3, -0.25) is 9.36 Å². The summed E-state index contributed by atoms with van der Waals surface area (Å²) in [6.45, 7) is 2.81. The Hall–Kier alpha value is -1.39. The number of hydrogen-bond donors (Lipinski definition) is 0. The monoisotopic (exact) mass is 293 g/mol. The fourth-order valence-electron chi connectivity index (χ4n) is 2.33. The van der Waals surface area contributed by atoms with E-state index in [1.807, 2.05) is 14.1 Å². The van der Waals surface area contributed by atoms with Gasteiger partial charge < -0.3 is 4.90 Å². The van der Waals surface area contributed by atoms with Gasteiger partial charge in [0.25, 0.3) is 5.56 Å². The van der Waals surface area contributed by atoms with Gasteiger partial charge in [-0.15, -0.1) is 0 Å². The van der Waals surface area contributed by atoms with Crippen LogP contribution in [-0.4, -0.2) is 34.6 Å². The second-order valence-electron chi connectivity index (χ2n) is 5.27. The molecule has 0 bridgehead atoms. The van der Waals surface area contributed by atoms with Crippen molar-refractivity contribution >= 4 is 22.5 Å². The van der Waals surface area contributed by atoms with Crippen LogP contribution < -0.4 is 5.56 Å². The minimum Gasteiger partial charge on any atom is -0.305 e. The van der Waals surface area contributed by atoms with E-state index in [2.05, 4.69) is 16.8 Å². The molecule has 0 aliphatic heterocycles. The van der Waals surface area contributed by atoms with Gasteiger partial charge in [-0.1, -0.05) is 24.9 Å².